The highest BCUT2D eigenvalue weighted by Crippen LogP contribution is 2.32. The Hall–Kier alpha value is -2.85. The van der Waals surface area contributed by atoms with Crippen molar-refractivity contribution in [1.82, 2.24) is 10.2 Å². The lowest BCUT2D eigenvalue weighted by Crippen LogP contribution is -2.42. The first-order valence-corrected chi connectivity index (χ1v) is 12.3. The molecule has 180 valence electrons. The smallest absolute Gasteiger partial charge is 0.265 e. The van der Waals surface area contributed by atoms with Crippen molar-refractivity contribution in [2.24, 2.45) is 0 Å². The summed E-state index contributed by atoms with van der Waals surface area (Å²) in [5, 5.41) is 2.75. The molecule has 0 saturated carbocycles. The summed E-state index contributed by atoms with van der Waals surface area (Å²) in [4.78, 5) is 14.8. The van der Waals surface area contributed by atoms with Gasteiger partial charge in [-0.25, -0.2) is 12.8 Å². The number of benzene rings is 2. The molecule has 2 aromatic carbocycles. The fraction of sp³-hybridized carbons (Fsp3) is 0.435. The van der Waals surface area contributed by atoms with E-state index in [1.807, 2.05) is 0 Å². The molecule has 1 fully saturated rings. The Bertz CT molecular complexity index is 1060. The van der Waals surface area contributed by atoms with Gasteiger partial charge in [-0.1, -0.05) is 12.1 Å². The van der Waals surface area contributed by atoms with Crippen molar-refractivity contribution >= 4 is 21.6 Å². The number of halogens is 1. The summed E-state index contributed by atoms with van der Waals surface area (Å²) in [6, 6.07) is 9.52. The number of carbonyl (C=O) groups is 1. The standard InChI is InChI=1S/C23H30FN3O5S/c1-31-21-11-10-18(16-22(21)32-2)33(29,30)27(20-9-4-3-8-19(20)24)17-23(28)25-12-7-15-26-13-5-6-14-26/h3-4,8-11,16H,5-7,12-15,17H2,1-2H3,(H,25,28). The molecule has 0 unspecified atom stereocenters. The van der Waals surface area contributed by atoms with Gasteiger partial charge in [-0.05, 0) is 63.2 Å². The van der Waals surface area contributed by atoms with Gasteiger partial charge in [0.2, 0.25) is 5.91 Å². The Balaban J connectivity index is 1.79. The second-order valence-corrected chi connectivity index (χ2v) is 9.59. The Kier molecular flexibility index (Phi) is 8.51. The van der Waals surface area contributed by atoms with Crippen LogP contribution < -0.4 is 19.1 Å². The van der Waals surface area contributed by atoms with E-state index in [9.17, 15) is 17.6 Å². The number of nitrogens with one attached hydrogen (secondary N) is 1. The van der Waals surface area contributed by atoms with Gasteiger partial charge in [-0.2, -0.15) is 0 Å². The van der Waals surface area contributed by atoms with Gasteiger partial charge in [-0.15, -0.1) is 0 Å². The number of ether oxygens (including phenoxy) is 2. The highest BCUT2D eigenvalue weighted by molar-refractivity contribution is 7.92. The van der Waals surface area contributed by atoms with Crippen LogP contribution in [0.1, 0.15) is 19.3 Å². The summed E-state index contributed by atoms with van der Waals surface area (Å²) in [5.74, 6) is -0.699. The lowest BCUT2D eigenvalue weighted by atomic mass is 10.3. The molecule has 1 aliphatic rings. The second kappa shape index (κ2) is 11.3. The highest BCUT2D eigenvalue weighted by Gasteiger charge is 2.30. The fourth-order valence-corrected chi connectivity index (χ4v) is 5.23. The Morgan fingerprint density at radius 3 is 2.45 bits per heavy atom. The van der Waals surface area contributed by atoms with Gasteiger partial charge in [0, 0.05) is 12.6 Å². The maximum atomic E-state index is 14.6. The predicted octanol–water partition coefficient (Wildman–Crippen LogP) is 2.64. The van der Waals surface area contributed by atoms with Crippen molar-refractivity contribution < 1.29 is 27.1 Å². The number of likely N-dealkylation sites (tertiary alicyclic amines) is 1. The van der Waals surface area contributed by atoms with E-state index in [2.05, 4.69) is 10.2 Å². The zero-order valence-electron chi connectivity index (χ0n) is 18.9. The number of anilines is 1. The van der Waals surface area contributed by atoms with Crippen LogP contribution in [0.3, 0.4) is 0 Å². The van der Waals surface area contributed by atoms with Crippen LogP contribution in [0.15, 0.2) is 47.4 Å². The lowest BCUT2D eigenvalue weighted by Gasteiger charge is -2.25. The molecule has 3 rings (SSSR count). The van der Waals surface area contributed by atoms with Gasteiger partial charge in [-0.3, -0.25) is 9.10 Å². The topological polar surface area (TPSA) is 88.2 Å². The zero-order valence-corrected chi connectivity index (χ0v) is 19.7. The first kappa shape index (κ1) is 24.8. The number of amides is 1. The molecule has 0 aliphatic carbocycles. The first-order chi connectivity index (χ1) is 15.9. The molecule has 1 aliphatic heterocycles. The molecule has 1 saturated heterocycles. The molecule has 0 aromatic heterocycles. The minimum Gasteiger partial charge on any atom is -0.493 e. The third-order valence-electron chi connectivity index (χ3n) is 5.52. The normalized spacial score (nSPS) is 14.2. The quantitative estimate of drug-likeness (QED) is 0.499. The Morgan fingerprint density at radius 2 is 1.79 bits per heavy atom. The lowest BCUT2D eigenvalue weighted by molar-refractivity contribution is -0.119. The van der Waals surface area contributed by atoms with Gasteiger partial charge in [0.15, 0.2) is 11.5 Å². The number of hydrogen-bond donors (Lipinski definition) is 1. The van der Waals surface area contributed by atoms with Crippen LogP contribution in [-0.4, -0.2) is 66.2 Å². The van der Waals surface area contributed by atoms with Crippen molar-refractivity contribution in [2.75, 3.05) is 51.2 Å². The molecule has 10 heteroatoms. The number of methoxy groups -OCH3 is 2. The maximum Gasteiger partial charge on any atom is 0.265 e. The molecule has 0 atom stereocenters. The highest BCUT2D eigenvalue weighted by atomic mass is 32.2. The third-order valence-corrected chi connectivity index (χ3v) is 7.28. The molecule has 33 heavy (non-hydrogen) atoms. The average Bonchev–Trinajstić information content (AvgIpc) is 3.34. The number of carbonyl (C=O) groups excluding carboxylic acids is 1. The number of hydrogen-bond acceptors (Lipinski definition) is 6. The molecular weight excluding hydrogens is 449 g/mol. The van der Waals surface area contributed by atoms with Crippen LogP contribution >= 0.6 is 0 Å². The molecule has 1 N–H and O–H groups in total. The Labute approximate surface area is 194 Å². The summed E-state index contributed by atoms with van der Waals surface area (Å²) >= 11 is 0. The van der Waals surface area contributed by atoms with Gasteiger partial charge in [0.05, 0.1) is 24.8 Å². The molecule has 1 heterocycles. The van der Waals surface area contributed by atoms with Crippen LogP contribution in [-0.2, 0) is 14.8 Å². The van der Waals surface area contributed by atoms with E-state index in [-0.39, 0.29) is 16.3 Å². The van der Waals surface area contributed by atoms with Gasteiger partial charge in [0.25, 0.3) is 10.0 Å². The molecule has 8 nitrogen and oxygen atoms in total. The number of rotatable bonds is 11. The van der Waals surface area contributed by atoms with Crippen LogP contribution in [0.4, 0.5) is 10.1 Å². The van der Waals surface area contributed by atoms with Crippen molar-refractivity contribution in [2.45, 2.75) is 24.2 Å². The van der Waals surface area contributed by atoms with E-state index in [1.54, 1.807) is 0 Å². The van der Waals surface area contributed by atoms with E-state index >= 15 is 0 Å². The first-order valence-electron chi connectivity index (χ1n) is 10.8. The summed E-state index contributed by atoms with van der Waals surface area (Å²) in [5.41, 5.74) is -0.209. The van der Waals surface area contributed by atoms with Crippen molar-refractivity contribution in [3.63, 3.8) is 0 Å². The van der Waals surface area contributed by atoms with Crippen LogP contribution in [0.25, 0.3) is 0 Å². The van der Waals surface area contributed by atoms with E-state index in [0.717, 1.165) is 36.4 Å². The van der Waals surface area contributed by atoms with E-state index in [0.29, 0.717) is 12.3 Å². The maximum absolute atomic E-state index is 14.6. The largest absolute Gasteiger partial charge is 0.493 e. The summed E-state index contributed by atoms with van der Waals surface area (Å²) in [6.45, 7) is 2.87. The summed E-state index contributed by atoms with van der Waals surface area (Å²) in [6.07, 6.45) is 3.14. The minimum absolute atomic E-state index is 0.148. The SMILES string of the molecule is COc1ccc(S(=O)(=O)N(CC(=O)NCCCN2CCCC2)c2ccccc2F)cc1OC. The third kappa shape index (κ3) is 6.14. The number of para-hydroxylation sites is 1. The van der Waals surface area contributed by atoms with Crippen molar-refractivity contribution in [3.8, 4) is 11.5 Å². The van der Waals surface area contributed by atoms with E-state index in [4.69, 9.17) is 9.47 Å². The van der Waals surface area contributed by atoms with Crippen molar-refractivity contribution in [3.05, 3.63) is 48.3 Å². The number of sulfonamides is 1. The fourth-order valence-electron chi connectivity index (χ4n) is 3.78. The van der Waals surface area contributed by atoms with E-state index in [1.165, 1.54) is 63.5 Å². The molecule has 0 bridgehead atoms. The Morgan fingerprint density at radius 1 is 1.09 bits per heavy atom. The molecule has 2 aromatic rings. The second-order valence-electron chi connectivity index (χ2n) is 7.73. The van der Waals surface area contributed by atoms with Crippen LogP contribution in [0.2, 0.25) is 0 Å². The van der Waals surface area contributed by atoms with Gasteiger partial charge in [0.1, 0.15) is 12.4 Å². The van der Waals surface area contributed by atoms with Gasteiger partial charge < -0.3 is 19.7 Å². The summed E-state index contributed by atoms with van der Waals surface area (Å²) < 4.78 is 52.7. The number of nitrogens with zero attached hydrogens (tertiary/aromatic N) is 2. The summed E-state index contributed by atoms with van der Waals surface area (Å²) in [7, 11) is -1.46. The molecular formula is C23H30FN3O5S. The van der Waals surface area contributed by atoms with Gasteiger partial charge >= 0.3 is 0 Å². The molecule has 0 spiro atoms. The monoisotopic (exact) mass is 479 g/mol. The average molecular weight is 480 g/mol. The van der Waals surface area contributed by atoms with Crippen LogP contribution in [0, 0.1) is 5.82 Å². The van der Waals surface area contributed by atoms with Crippen LogP contribution in [0.5, 0.6) is 11.5 Å². The molecule has 1 amide bonds. The molecule has 0 radical (unpaired) electrons. The zero-order chi connectivity index (χ0) is 23.8. The van der Waals surface area contributed by atoms with E-state index < -0.39 is 28.3 Å². The predicted molar refractivity (Wildman–Crippen MR) is 124 cm³/mol. The minimum atomic E-state index is -4.28. The van der Waals surface area contributed by atoms with Crippen molar-refractivity contribution in [1.29, 1.82) is 0 Å².